The summed E-state index contributed by atoms with van der Waals surface area (Å²) in [4.78, 5) is 7.01. The molecule has 0 amide bonds. The average Bonchev–Trinajstić information content (AvgIpc) is 2.81. The van der Waals surface area contributed by atoms with E-state index < -0.39 is 0 Å². The number of thiophene rings is 1. The monoisotopic (exact) mass is 288 g/mol. The van der Waals surface area contributed by atoms with Crippen LogP contribution in [0.2, 0.25) is 5.02 Å². The number of aromatic nitrogens is 1. The van der Waals surface area contributed by atoms with E-state index in [2.05, 4.69) is 29.4 Å². The van der Waals surface area contributed by atoms with E-state index in [1.165, 1.54) is 9.75 Å². The van der Waals surface area contributed by atoms with E-state index in [0.717, 1.165) is 23.1 Å². The molecule has 0 fully saturated rings. The molecule has 4 heteroatoms. The molecule has 0 unspecified atom stereocenters. The summed E-state index contributed by atoms with van der Waals surface area (Å²) in [6, 6.07) is 12.1. The van der Waals surface area contributed by atoms with Gasteiger partial charge < -0.3 is 5.32 Å². The normalized spacial score (nSPS) is 10.8. The van der Waals surface area contributed by atoms with Crippen molar-refractivity contribution in [1.29, 1.82) is 0 Å². The Bertz CT molecular complexity index is 721. The lowest BCUT2D eigenvalue weighted by Gasteiger charge is -2.08. The van der Waals surface area contributed by atoms with Crippen LogP contribution in [0.15, 0.2) is 42.6 Å². The van der Waals surface area contributed by atoms with Crippen LogP contribution in [0, 0.1) is 6.92 Å². The fourth-order valence-electron chi connectivity index (χ4n) is 2.04. The molecule has 0 atom stereocenters. The molecule has 0 radical (unpaired) electrons. The number of fused-ring (bicyclic) bond motifs is 1. The molecule has 0 aliphatic heterocycles. The summed E-state index contributed by atoms with van der Waals surface area (Å²) >= 11 is 7.80. The third-order valence-corrected chi connectivity index (χ3v) is 4.19. The van der Waals surface area contributed by atoms with Gasteiger partial charge in [-0.25, -0.2) is 0 Å². The fraction of sp³-hybridized carbons (Fsp3) is 0.133. The van der Waals surface area contributed by atoms with Crippen LogP contribution in [0.25, 0.3) is 10.9 Å². The molecule has 1 N–H and O–H groups in total. The van der Waals surface area contributed by atoms with Gasteiger partial charge in [0.05, 0.1) is 5.52 Å². The minimum absolute atomic E-state index is 0.714. The van der Waals surface area contributed by atoms with Crippen LogP contribution in [0.4, 0.5) is 5.69 Å². The van der Waals surface area contributed by atoms with Gasteiger partial charge in [-0.3, -0.25) is 4.98 Å². The molecule has 2 heterocycles. The van der Waals surface area contributed by atoms with E-state index >= 15 is 0 Å². The van der Waals surface area contributed by atoms with Crippen LogP contribution >= 0.6 is 22.9 Å². The Morgan fingerprint density at radius 3 is 2.89 bits per heavy atom. The lowest BCUT2D eigenvalue weighted by Crippen LogP contribution is -1.98. The molecular formula is C15H13ClN2S. The van der Waals surface area contributed by atoms with Gasteiger partial charge in [0.2, 0.25) is 0 Å². The van der Waals surface area contributed by atoms with Gasteiger partial charge in [-0.15, -0.1) is 11.3 Å². The van der Waals surface area contributed by atoms with Crippen molar-refractivity contribution in [3.63, 3.8) is 0 Å². The molecule has 19 heavy (non-hydrogen) atoms. The van der Waals surface area contributed by atoms with E-state index in [4.69, 9.17) is 11.6 Å². The third-order valence-electron chi connectivity index (χ3n) is 2.95. The summed E-state index contributed by atoms with van der Waals surface area (Å²) in [5.74, 6) is 0. The van der Waals surface area contributed by atoms with Gasteiger partial charge >= 0.3 is 0 Å². The summed E-state index contributed by atoms with van der Waals surface area (Å²) in [6.07, 6.45) is 1.81. The Morgan fingerprint density at radius 1 is 1.21 bits per heavy atom. The molecule has 96 valence electrons. The molecule has 0 spiro atoms. The topological polar surface area (TPSA) is 24.9 Å². The first kappa shape index (κ1) is 12.5. The fourth-order valence-corrected chi connectivity index (χ4v) is 3.03. The SMILES string of the molecule is Cc1ccc(CNc2ccnc3cc(Cl)ccc23)s1. The van der Waals surface area contributed by atoms with Crippen molar-refractivity contribution in [2.75, 3.05) is 5.32 Å². The highest BCUT2D eigenvalue weighted by Gasteiger charge is 2.03. The first-order valence-corrected chi connectivity index (χ1v) is 7.25. The number of hydrogen-bond acceptors (Lipinski definition) is 3. The van der Waals surface area contributed by atoms with Gasteiger partial charge in [-0.2, -0.15) is 0 Å². The second kappa shape index (κ2) is 5.19. The Labute approximate surface area is 121 Å². The first-order chi connectivity index (χ1) is 9.22. The number of benzene rings is 1. The molecule has 2 aromatic heterocycles. The molecule has 1 aromatic carbocycles. The number of nitrogens with one attached hydrogen (secondary N) is 1. The third kappa shape index (κ3) is 2.72. The van der Waals surface area contributed by atoms with Gasteiger partial charge in [0.25, 0.3) is 0 Å². The second-order valence-electron chi connectivity index (χ2n) is 4.39. The van der Waals surface area contributed by atoms with Crippen LogP contribution in [0.3, 0.4) is 0 Å². The molecule has 0 saturated heterocycles. The van der Waals surface area contributed by atoms with Crippen molar-refractivity contribution in [1.82, 2.24) is 4.98 Å². The van der Waals surface area contributed by atoms with Crippen LogP contribution in [-0.4, -0.2) is 4.98 Å². The van der Waals surface area contributed by atoms with Gasteiger partial charge in [-0.1, -0.05) is 11.6 Å². The Hall–Kier alpha value is -1.58. The molecule has 0 aliphatic rings. The van der Waals surface area contributed by atoms with Gasteiger partial charge in [0.15, 0.2) is 0 Å². The number of halogens is 1. The van der Waals surface area contributed by atoms with Crippen LogP contribution < -0.4 is 5.32 Å². The molecule has 2 nitrogen and oxygen atoms in total. The molecule has 0 bridgehead atoms. The number of nitrogens with zero attached hydrogens (tertiary/aromatic N) is 1. The van der Waals surface area contributed by atoms with Gasteiger partial charge in [0.1, 0.15) is 0 Å². The van der Waals surface area contributed by atoms with E-state index in [9.17, 15) is 0 Å². The number of pyridine rings is 1. The lowest BCUT2D eigenvalue weighted by atomic mass is 10.2. The minimum atomic E-state index is 0.714. The van der Waals surface area contributed by atoms with Gasteiger partial charge in [0, 0.05) is 38.6 Å². The maximum Gasteiger partial charge on any atom is 0.0737 e. The Balaban J connectivity index is 1.88. The molecule has 3 aromatic rings. The number of aryl methyl sites for hydroxylation is 1. The molecule has 0 saturated carbocycles. The number of rotatable bonds is 3. The van der Waals surface area contributed by atoms with Crippen LogP contribution in [-0.2, 0) is 6.54 Å². The van der Waals surface area contributed by atoms with Gasteiger partial charge in [-0.05, 0) is 43.3 Å². The first-order valence-electron chi connectivity index (χ1n) is 6.06. The second-order valence-corrected chi connectivity index (χ2v) is 6.19. The summed E-state index contributed by atoms with van der Waals surface area (Å²) in [6.45, 7) is 2.96. The van der Waals surface area contributed by atoms with Crippen LogP contribution in [0.1, 0.15) is 9.75 Å². The van der Waals surface area contributed by atoms with E-state index in [1.54, 1.807) is 6.20 Å². The maximum absolute atomic E-state index is 5.99. The predicted octanol–water partition coefficient (Wildman–Crippen LogP) is 4.87. The van der Waals surface area contributed by atoms with Crippen molar-refractivity contribution in [3.05, 3.63) is 57.4 Å². The maximum atomic E-state index is 5.99. The van der Waals surface area contributed by atoms with Crippen molar-refractivity contribution in [2.24, 2.45) is 0 Å². The predicted molar refractivity (Wildman–Crippen MR) is 83.1 cm³/mol. The van der Waals surface area contributed by atoms with E-state index in [-0.39, 0.29) is 0 Å². The summed E-state index contributed by atoms with van der Waals surface area (Å²) < 4.78 is 0. The minimum Gasteiger partial charge on any atom is -0.380 e. The zero-order chi connectivity index (χ0) is 13.2. The highest BCUT2D eigenvalue weighted by Crippen LogP contribution is 2.25. The number of anilines is 1. The van der Waals surface area contributed by atoms with Crippen molar-refractivity contribution >= 4 is 39.5 Å². The van der Waals surface area contributed by atoms with Crippen molar-refractivity contribution in [3.8, 4) is 0 Å². The van der Waals surface area contributed by atoms with Crippen molar-refractivity contribution in [2.45, 2.75) is 13.5 Å². The zero-order valence-electron chi connectivity index (χ0n) is 10.5. The van der Waals surface area contributed by atoms with Crippen molar-refractivity contribution < 1.29 is 0 Å². The van der Waals surface area contributed by atoms with Crippen LogP contribution in [0.5, 0.6) is 0 Å². The standard InChI is InChI=1S/C15H13ClN2S/c1-10-2-4-12(19-10)9-18-14-6-7-17-15-8-11(16)3-5-13(14)15/h2-8H,9H2,1H3,(H,17,18). The quantitative estimate of drug-likeness (QED) is 0.744. The smallest absolute Gasteiger partial charge is 0.0737 e. The summed E-state index contributed by atoms with van der Waals surface area (Å²) in [5, 5.41) is 5.28. The Morgan fingerprint density at radius 2 is 2.11 bits per heavy atom. The van der Waals surface area contributed by atoms with E-state index in [1.807, 2.05) is 35.6 Å². The summed E-state index contributed by atoms with van der Waals surface area (Å²) in [7, 11) is 0. The lowest BCUT2D eigenvalue weighted by molar-refractivity contribution is 1.19. The zero-order valence-corrected chi connectivity index (χ0v) is 12.1. The highest BCUT2D eigenvalue weighted by molar-refractivity contribution is 7.11. The average molecular weight is 289 g/mol. The number of hydrogen-bond donors (Lipinski definition) is 1. The Kier molecular flexibility index (Phi) is 3.40. The summed E-state index contributed by atoms with van der Waals surface area (Å²) in [5.41, 5.74) is 2.01. The molecule has 3 rings (SSSR count). The highest BCUT2D eigenvalue weighted by atomic mass is 35.5. The van der Waals surface area contributed by atoms with E-state index in [0.29, 0.717) is 5.02 Å². The molecular weight excluding hydrogens is 276 g/mol. The largest absolute Gasteiger partial charge is 0.380 e. The molecule has 0 aliphatic carbocycles.